The van der Waals surface area contributed by atoms with Crippen molar-refractivity contribution in [3.63, 3.8) is 0 Å². The van der Waals surface area contributed by atoms with Gasteiger partial charge in [-0.3, -0.25) is 10.2 Å². The molecule has 1 aromatic rings. The van der Waals surface area contributed by atoms with E-state index in [0.29, 0.717) is 5.56 Å². The zero-order chi connectivity index (χ0) is 14.0. The molecule has 0 aliphatic carbocycles. The number of carbonyl (C=O) groups excluding carboxylic acids is 1. The first-order chi connectivity index (χ1) is 8.86. The number of benzene rings is 1. The van der Waals surface area contributed by atoms with Gasteiger partial charge in [-0.15, -0.1) is 0 Å². The average Bonchev–Trinajstić information content (AvgIpc) is 2.73. The first-order valence-corrected chi connectivity index (χ1v) is 6.04. The van der Waals surface area contributed by atoms with Gasteiger partial charge in [0.05, 0.1) is 0 Å². The number of nitrogens with zero attached hydrogens (tertiary/aromatic N) is 1. The molecular formula is C13H15F3N2O. The standard InChI is InChI=1S/C13H15F3N2O/c1-9-2-4-10(5-3-9)8-11(13(14,15)16)18-7-6-12(19)17-18/h2-5,11H,6-8H2,1H3,(H,17,19)/t11-/m0/s1. The zero-order valence-electron chi connectivity index (χ0n) is 10.5. The van der Waals surface area contributed by atoms with Crippen LogP contribution in [0.2, 0.25) is 0 Å². The highest BCUT2D eigenvalue weighted by Gasteiger charge is 2.45. The third kappa shape index (κ3) is 3.47. The van der Waals surface area contributed by atoms with Crippen molar-refractivity contribution >= 4 is 5.91 Å². The normalized spacial score (nSPS) is 18.4. The van der Waals surface area contributed by atoms with Crippen LogP contribution in [-0.2, 0) is 11.2 Å². The molecule has 3 nitrogen and oxygen atoms in total. The SMILES string of the molecule is Cc1ccc(C[C@H](N2CCC(=O)N2)C(F)(F)F)cc1. The minimum absolute atomic E-state index is 0.0921. The molecule has 1 amide bonds. The van der Waals surface area contributed by atoms with Crippen LogP contribution in [0.4, 0.5) is 13.2 Å². The van der Waals surface area contributed by atoms with Crippen molar-refractivity contribution in [2.24, 2.45) is 0 Å². The van der Waals surface area contributed by atoms with Crippen molar-refractivity contribution in [3.05, 3.63) is 35.4 Å². The Bertz CT molecular complexity index is 456. The highest BCUT2D eigenvalue weighted by atomic mass is 19.4. The quantitative estimate of drug-likeness (QED) is 0.915. The molecule has 104 valence electrons. The minimum atomic E-state index is -4.37. The minimum Gasteiger partial charge on any atom is -0.288 e. The number of aryl methyl sites for hydroxylation is 1. The lowest BCUT2D eigenvalue weighted by molar-refractivity contribution is -0.187. The Morgan fingerprint density at radius 1 is 1.32 bits per heavy atom. The second-order valence-corrected chi connectivity index (χ2v) is 4.73. The predicted octanol–water partition coefficient (Wildman–Crippen LogP) is 2.21. The molecule has 0 saturated carbocycles. The summed E-state index contributed by atoms with van der Waals surface area (Å²) >= 11 is 0. The van der Waals surface area contributed by atoms with E-state index in [1.54, 1.807) is 24.3 Å². The summed E-state index contributed by atoms with van der Waals surface area (Å²) in [5.41, 5.74) is 3.87. The molecule has 0 radical (unpaired) electrons. The smallest absolute Gasteiger partial charge is 0.288 e. The number of hydrazine groups is 1. The molecule has 1 heterocycles. The molecule has 0 bridgehead atoms. The number of alkyl halides is 3. The van der Waals surface area contributed by atoms with Crippen LogP contribution in [0.3, 0.4) is 0 Å². The lowest BCUT2D eigenvalue weighted by Gasteiger charge is -2.29. The molecule has 2 rings (SSSR count). The van der Waals surface area contributed by atoms with Crippen molar-refractivity contribution in [3.8, 4) is 0 Å². The van der Waals surface area contributed by atoms with Gasteiger partial charge in [-0.05, 0) is 18.9 Å². The molecule has 1 aliphatic heterocycles. The Morgan fingerprint density at radius 2 is 1.95 bits per heavy atom. The van der Waals surface area contributed by atoms with E-state index in [1.165, 1.54) is 0 Å². The van der Waals surface area contributed by atoms with Crippen LogP contribution in [0.1, 0.15) is 17.5 Å². The molecule has 1 atom stereocenters. The Morgan fingerprint density at radius 3 is 2.42 bits per heavy atom. The van der Waals surface area contributed by atoms with E-state index < -0.39 is 12.2 Å². The third-order valence-electron chi connectivity index (χ3n) is 3.15. The van der Waals surface area contributed by atoms with Gasteiger partial charge >= 0.3 is 6.18 Å². The summed E-state index contributed by atoms with van der Waals surface area (Å²) in [6.07, 6.45) is -4.42. The average molecular weight is 272 g/mol. The highest BCUT2D eigenvalue weighted by Crippen LogP contribution is 2.28. The Kier molecular flexibility index (Phi) is 3.80. The summed E-state index contributed by atoms with van der Waals surface area (Å²) in [4.78, 5) is 11.1. The molecule has 19 heavy (non-hydrogen) atoms. The van der Waals surface area contributed by atoms with Crippen molar-refractivity contribution in [1.82, 2.24) is 10.4 Å². The molecule has 6 heteroatoms. The van der Waals surface area contributed by atoms with Crippen LogP contribution in [-0.4, -0.2) is 29.7 Å². The first kappa shape index (κ1) is 13.9. The molecule has 1 saturated heterocycles. The summed E-state index contributed by atoms with van der Waals surface area (Å²) in [5, 5.41) is 0.988. The maximum atomic E-state index is 13.1. The first-order valence-electron chi connectivity index (χ1n) is 6.04. The number of carbonyl (C=O) groups is 1. The van der Waals surface area contributed by atoms with E-state index in [9.17, 15) is 18.0 Å². The molecular weight excluding hydrogens is 257 g/mol. The summed E-state index contributed by atoms with van der Waals surface area (Å²) in [7, 11) is 0. The van der Waals surface area contributed by atoms with Gasteiger partial charge in [0, 0.05) is 13.0 Å². The molecule has 1 fully saturated rings. The lowest BCUT2D eigenvalue weighted by atomic mass is 10.0. The second-order valence-electron chi connectivity index (χ2n) is 4.73. The number of rotatable bonds is 3. The fraction of sp³-hybridized carbons (Fsp3) is 0.462. The number of hydrogen-bond donors (Lipinski definition) is 1. The van der Waals surface area contributed by atoms with Gasteiger partial charge < -0.3 is 0 Å². The predicted molar refractivity (Wildman–Crippen MR) is 64.2 cm³/mol. The van der Waals surface area contributed by atoms with Crippen molar-refractivity contribution in [1.29, 1.82) is 0 Å². The highest BCUT2D eigenvalue weighted by molar-refractivity contribution is 5.77. The lowest BCUT2D eigenvalue weighted by Crippen LogP contribution is -2.51. The van der Waals surface area contributed by atoms with E-state index in [4.69, 9.17) is 0 Å². The number of hydrogen-bond acceptors (Lipinski definition) is 2. The van der Waals surface area contributed by atoms with Gasteiger partial charge in [0.2, 0.25) is 5.91 Å². The topological polar surface area (TPSA) is 32.3 Å². The van der Waals surface area contributed by atoms with Crippen molar-refractivity contribution in [2.45, 2.75) is 32.0 Å². The van der Waals surface area contributed by atoms with Gasteiger partial charge in [0.1, 0.15) is 6.04 Å². The van der Waals surface area contributed by atoms with E-state index >= 15 is 0 Å². The summed E-state index contributed by atoms with van der Waals surface area (Å²) in [6.45, 7) is 1.97. The van der Waals surface area contributed by atoms with E-state index in [0.717, 1.165) is 10.6 Å². The Balaban J connectivity index is 2.14. The number of halogens is 3. The van der Waals surface area contributed by atoms with Crippen molar-refractivity contribution in [2.75, 3.05) is 6.54 Å². The summed E-state index contributed by atoms with van der Waals surface area (Å²) in [6, 6.07) is 5.26. The molecule has 1 N–H and O–H groups in total. The fourth-order valence-electron chi connectivity index (χ4n) is 2.08. The van der Waals surface area contributed by atoms with Crippen LogP contribution < -0.4 is 5.43 Å². The molecule has 0 aromatic heterocycles. The van der Waals surface area contributed by atoms with Crippen LogP contribution in [0.25, 0.3) is 0 Å². The largest absolute Gasteiger partial charge is 0.406 e. The van der Waals surface area contributed by atoms with E-state index in [-0.39, 0.29) is 25.3 Å². The van der Waals surface area contributed by atoms with E-state index in [2.05, 4.69) is 5.43 Å². The van der Waals surface area contributed by atoms with Crippen LogP contribution in [0.15, 0.2) is 24.3 Å². The molecule has 0 spiro atoms. The maximum Gasteiger partial charge on any atom is 0.406 e. The molecule has 1 aliphatic rings. The van der Waals surface area contributed by atoms with Gasteiger partial charge in [0.15, 0.2) is 0 Å². The monoisotopic (exact) mass is 272 g/mol. The third-order valence-corrected chi connectivity index (χ3v) is 3.15. The van der Waals surface area contributed by atoms with Gasteiger partial charge in [-0.25, -0.2) is 5.01 Å². The number of amides is 1. The van der Waals surface area contributed by atoms with Gasteiger partial charge in [-0.2, -0.15) is 13.2 Å². The summed E-state index contributed by atoms with van der Waals surface area (Å²) in [5.74, 6) is -0.363. The van der Waals surface area contributed by atoms with Crippen LogP contribution in [0.5, 0.6) is 0 Å². The Hall–Kier alpha value is -1.56. The zero-order valence-corrected chi connectivity index (χ0v) is 10.5. The van der Waals surface area contributed by atoms with Crippen molar-refractivity contribution < 1.29 is 18.0 Å². The van der Waals surface area contributed by atoms with E-state index in [1.807, 2.05) is 6.92 Å². The fourth-order valence-corrected chi connectivity index (χ4v) is 2.08. The van der Waals surface area contributed by atoms with Crippen LogP contribution in [0, 0.1) is 6.92 Å². The molecule has 0 unspecified atom stereocenters. The van der Waals surface area contributed by atoms with Gasteiger partial charge in [0.25, 0.3) is 0 Å². The number of nitrogens with one attached hydrogen (secondary N) is 1. The summed E-state index contributed by atoms with van der Waals surface area (Å²) < 4.78 is 39.2. The Labute approximate surface area is 109 Å². The van der Waals surface area contributed by atoms with Crippen LogP contribution >= 0.6 is 0 Å². The maximum absolute atomic E-state index is 13.1. The van der Waals surface area contributed by atoms with Gasteiger partial charge in [-0.1, -0.05) is 29.8 Å². The molecule has 1 aromatic carbocycles. The second kappa shape index (κ2) is 5.21.